The molecular formula is C15H18N2O4. The molecule has 0 amide bonds. The van der Waals surface area contributed by atoms with Gasteiger partial charge in [0.15, 0.2) is 18.1 Å². The molecule has 1 heterocycles. The monoisotopic (exact) mass is 290 g/mol. The van der Waals surface area contributed by atoms with Crippen molar-refractivity contribution in [1.29, 1.82) is 0 Å². The Hall–Kier alpha value is -2.08. The lowest BCUT2D eigenvalue weighted by Crippen LogP contribution is -2.08. The maximum Gasteiger partial charge on any atom is 0.253 e. The van der Waals surface area contributed by atoms with Gasteiger partial charge in [-0.3, -0.25) is 0 Å². The third kappa shape index (κ3) is 3.33. The summed E-state index contributed by atoms with van der Waals surface area (Å²) < 4.78 is 16.7. The molecule has 21 heavy (non-hydrogen) atoms. The first-order valence-corrected chi connectivity index (χ1v) is 7.14. The Morgan fingerprint density at radius 1 is 1.14 bits per heavy atom. The van der Waals surface area contributed by atoms with Crippen LogP contribution < -0.4 is 9.47 Å². The van der Waals surface area contributed by atoms with Crippen LogP contribution in [0.4, 0.5) is 0 Å². The molecule has 1 aromatic heterocycles. The normalized spacial score (nSPS) is 14.7. The molecule has 0 aliphatic heterocycles. The molecule has 6 nitrogen and oxygen atoms in total. The first-order chi connectivity index (χ1) is 10.4. The zero-order valence-electron chi connectivity index (χ0n) is 11.7. The zero-order valence-corrected chi connectivity index (χ0v) is 11.7. The van der Waals surface area contributed by atoms with Gasteiger partial charge >= 0.3 is 0 Å². The van der Waals surface area contributed by atoms with Crippen molar-refractivity contribution in [3.05, 3.63) is 36.0 Å². The molecular weight excluding hydrogens is 272 g/mol. The standard InChI is InChI=1S/C15H18N2O4/c18-8-9-19-12-6-1-2-7-13(12)20-10-14-16-17-15(21-14)11-4-3-5-11/h1-2,6-7,11,18H,3-5,8-10H2. The number of aromatic nitrogens is 2. The maximum atomic E-state index is 8.81. The molecule has 1 N–H and O–H groups in total. The molecule has 1 aromatic carbocycles. The Labute approximate surface area is 122 Å². The minimum atomic E-state index is -0.0389. The zero-order chi connectivity index (χ0) is 14.5. The number of hydrogen-bond acceptors (Lipinski definition) is 6. The average molecular weight is 290 g/mol. The van der Waals surface area contributed by atoms with E-state index < -0.39 is 0 Å². The number of hydrogen-bond donors (Lipinski definition) is 1. The van der Waals surface area contributed by atoms with Crippen molar-refractivity contribution >= 4 is 0 Å². The van der Waals surface area contributed by atoms with Gasteiger partial charge in [-0.2, -0.15) is 0 Å². The summed E-state index contributed by atoms with van der Waals surface area (Å²) in [6.07, 6.45) is 3.48. The molecule has 0 spiro atoms. The third-order valence-electron chi connectivity index (χ3n) is 3.49. The SMILES string of the molecule is OCCOc1ccccc1OCc1nnc(C2CCC2)o1. The fourth-order valence-electron chi connectivity index (χ4n) is 2.13. The van der Waals surface area contributed by atoms with E-state index in [9.17, 15) is 0 Å². The van der Waals surface area contributed by atoms with E-state index in [1.165, 1.54) is 6.42 Å². The van der Waals surface area contributed by atoms with Crippen LogP contribution in [0.5, 0.6) is 11.5 Å². The second kappa shape index (κ2) is 6.58. The predicted octanol–water partition coefficient (Wildman–Crippen LogP) is 2.29. The van der Waals surface area contributed by atoms with Gasteiger partial charge in [0.05, 0.1) is 6.61 Å². The number of ether oxygens (including phenoxy) is 2. The lowest BCUT2D eigenvalue weighted by atomic mass is 9.85. The van der Waals surface area contributed by atoms with Gasteiger partial charge in [0, 0.05) is 5.92 Å². The molecule has 2 aromatic rings. The van der Waals surface area contributed by atoms with Crippen LogP contribution in [-0.2, 0) is 6.61 Å². The van der Waals surface area contributed by atoms with E-state index in [0.29, 0.717) is 29.2 Å². The second-order valence-electron chi connectivity index (χ2n) is 4.97. The largest absolute Gasteiger partial charge is 0.487 e. The Bertz CT molecular complexity index is 581. The Morgan fingerprint density at radius 3 is 2.57 bits per heavy atom. The van der Waals surface area contributed by atoms with Gasteiger partial charge in [-0.15, -0.1) is 10.2 Å². The summed E-state index contributed by atoms with van der Waals surface area (Å²) >= 11 is 0. The third-order valence-corrected chi connectivity index (χ3v) is 3.49. The van der Waals surface area contributed by atoms with Gasteiger partial charge < -0.3 is 19.0 Å². The summed E-state index contributed by atoms with van der Waals surface area (Å²) in [6, 6.07) is 7.30. The minimum absolute atomic E-state index is 0.0389. The highest BCUT2D eigenvalue weighted by Crippen LogP contribution is 2.35. The van der Waals surface area contributed by atoms with Crippen molar-refractivity contribution in [1.82, 2.24) is 10.2 Å². The summed E-state index contributed by atoms with van der Waals surface area (Å²) in [5.41, 5.74) is 0. The van der Waals surface area contributed by atoms with Gasteiger partial charge in [-0.25, -0.2) is 0 Å². The number of nitrogens with zero attached hydrogens (tertiary/aromatic N) is 2. The molecule has 6 heteroatoms. The molecule has 1 fully saturated rings. The van der Waals surface area contributed by atoms with Gasteiger partial charge in [0.2, 0.25) is 5.89 Å². The van der Waals surface area contributed by atoms with E-state index in [1.54, 1.807) is 12.1 Å². The van der Waals surface area contributed by atoms with Crippen molar-refractivity contribution in [3.8, 4) is 11.5 Å². The summed E-state index contributed by atoms with van der Waals surface area (Å²) in [5.74, 6) is 2.78. The van der Waals surface area contributed by atoms with Crippen LogP contribution in [0.3, 0.4) is 0 Å². The highest BCUT2D eigenvalue weighted by atomic mass is 16.5. The van der Waals surface area contributed by atoms with Gasteiger partial charge in [-0.05, 0) is 25.0 Å². The number of para-hydroxylation sites is 2. The van der Waals surface area contributed by atoms with Crippen molar-refractivity contribution in [3.63, 3.8) is 0 Å². The van der Waals surface area contributed by atoms with Crippen LogP contribution in [0.25, 0.3) is 0 Å². The summed E-state index contributed by atoms with van der Waals surface area (Å²) in [5, 5.41) is 16.9. The Balaban J connectivity index is 1.60. The minimum Gasteiger partial charge on any atom is -0.487 e. The first-order valence-electron chi connectivity index (χ1n) is 7.14. The number of rotatable bonds is 7. The van der Waals surface area contributed by atoms with E-state index in [0.717, 1.165) is 12.8 Å². The van der Waals surface area contributed by atoms with Crippen LogP contribution >= 0.6 is 0 Å². The van der Waals surface area contributed by atoms with E-state index in [-0.39, 0.29) is 19.8 Å². The summed E-state index contributed by atoms with van der Waals surface area (Å²) in [4.78, 5) is 0. The van der Waals surface area contributed by atoms with Gasteiger partial charge in [-0.1, -0.05) is 18.6 Å². The Kier molecular flexibility index (Phi) is 4.35. The van der Waals surface area contributed by atoms with Crippen molar-refractivity contribution in [2.45, 2.75) is 31.8 Å². The summed E-state index contributed by atoms with van der Waals surface area (Å²) in [6.45, 7) is 0.398. The van der Waals surface area contributed by atoms with Crippen LogP contribution in [0, 0.1) is 0 Å². The molecule has 1 aliphatic carbocycles. The van der Waals surface area contributed by atoms with Gasteiger partial charge in [0.25, 0.3) is 5.89 Å². The molecule has 0 bridgehead atoms. The number of aliphatic hydroxyl groups excluding tert-OH is 1. The number of aliphatic hydroxyl groups is 1. The predicted molar refractivity (Wildman–Crippen MR) is 74.2 cm³/mol. The smallest absolute Gasteiger partial charge is 0.253 e. The maximum absolute atomic E-state index is 8.81. The molecule has 0 saturated heterocycles. The quantitative estimate of drug-likeness (QED) is 0.843. The molecule has 1 aliphatic rings. The lowest BCUT2D eigenvalue weighted by Gasteiger charge is -2.20. The van der Waals surface area contributed by atoms with Crippen LogP contribution in [0.15, 0.2) is 28.7 Å². The lowest BCUT2D eigenvalue weighted by molar-refractivity contribution is 0.188. The first kappa shape index (κ1) is 13.9. The topological polar surface area (TPSA) is 77.6 Å². The Morgan fingerprint density at radius 2 is 1.90 bits per heavy atom. The molecule has 112 valence electrons. The highest BCUT2D eigenvalue weighted by molar-refractivity contribution is 5.39. The van der Waals surface area contributed by atoms with E-state index >= 15 is 0 Å². The summed E-state index contributed by atoms with van der Waals surface area (Å²) in [7, 11) is 0. The van der Waals surface area contributed by atoms with E-state index in [4.69, 9.17) is 19.0 Å². The fraction of sp³-hybridized carbons (Fsp3) is 0.467. The number of benzene rings is 1. The second-order valence-corrected chi connectivity index (χ2v) is 4.97. The molecule has 3 rings (SSSR count). The van der Waals surface area contributed by atoms with E-state index in [2.05, 4.69) is 10.2 Å². The average Bonchev–Trinajstić information content (AvgIpc) is 2.90. The molecule has 0 unspecified atom stereocenters. The van der Waals surface area contributed by atoms with Crippen molar-refractivity contribution in [2.24, 2.45) is 0 Å². The van der Waals surface area contributed by atoms with Crippen molar-refractivity contribution in [2.75, 3.05) is 13.2 Å². The van der Waals surface area contributed by atoms with Gasteiger partial charge in [0.1, 0.15) is 6.61 Å². The molecule has 0 atom stereocenters. The molecule has 1 saturated carbocycles. The fourth-order valence-corrected chi connectivity index (χ4v) is 2.13. The highest BCUT2D eigenvalue weighted by Gasteiger charge is 2.25. The van der Waals surface area contributed by atoms with E-state index in [1.807, 2.05) is 12.1 Å². The van der Waals surface area contributed by atoms with Crippen LogP contribution in [-0.4, -0.2) is 28.5 Å². The van der Waals surface area contributed by atoms with Crippen molar-refractivity contribution < 1.29 is 19.0 Å². The van der Waals surface area contributed by atoms with Crippen LogP contribution in [0.2, 0.25) is 0 Å². The molecule has 0 radical (unpaired) electrons. The van der Waals surface area contributed by atoms with Crippen LogP contribution in [0.1, 0.15) is 37.0 Å².